The smallest absolute Gasteiger partial charge is 0.417 e. The van der Waals surface area contributed by atoms with Crippen molar-refractivity contribution in [2.24, 2.45) is 0 Å². The summed E-state index contributed by atoms with van der Waals surface area (Å²) in [4.78, 5) is 64.7. The van der Waals surface area contributed by atoms with E-state index in [2.05, 4.69) is 4.74 Å². The average molecular weight is 921 g/mol. The maximum absolute atomic E-state index is 14.8. The molecule has 22 heteroatoms. The van der Waals surface area contributed by atoms with E-state index in [4.69, 9.17) is 24.1 Å². The summed E-state index contributed by atoms with van der Waals surface area (Å²) in [6, 6.07) is 12.6. The van der Waals surface area contributed by atoms with E-state index in [0.717, 1.165) is 18.2 Å². The number of benzene rings is 4. The summed E-state index contributed by atoms with van der Waals surface area (Å²) in [5.41, 5.74) is -1.89. The molecule has 0 bridgehead atoms. The number of hydrogen-bond donors (Lipinski definition) is 12. The quantitative estimate of drug-likeness (QED) is 0.0625. The molecule has 0 saturated carbocycles. The number of aliphatic carboxylic acids is 1. The SMILES string of the molecule is O=C(O)C(=O)OCC1OC(Oc2cccc3c2C(=O)c2c(O)cc(CO)cc2C3C2c3cc(C(=O)O)cc(O)c3C(=O)c3c(OC4OC(CO)C(O)C(O)C4O)cccc32)C(O)C(O)C1O. The van der Waals surface area contributed by atoms with Gasteiger partial charge in [0, 0.05) is 11.8 Å². The third kappa shape index (κ3) is 7.67. The number of rotatable bonds is 10. The molecule has 12 N–H and O–H groups in total. The monoisotopic (exact) mass is 920 g/mol. The number of aromatic hydroxyl groups is 2. The first-order valence-corrected chi connectivity index (χ1v) is 20.0. The van der Waals surface area contributed by atoms with Crippen LogP contribution in [0.5, 0.6) is 23.0 Å². The number of carbonyl (C=O) groups excluding carboxylic acids is 3. The standard InChI is InChI=1S/C44H40O22/c45-11-14-7-18-26(16-3-1-6-23(30(16)34(51)28(18)20(47)8-14)64-44-39(56)37(54)33(50)25(66-44)13-62-42(61)41(59)60)27-17-4-2-5-22(63-43-38(55)36(53)32(49)24(12-46)65-43)31(17)35(52)29-19(27)9-15(40(57)58)10-21(29)48/h1-10,24-27,32-33,36-39,43-50,53-56H,11-13H2,(H,57,58)(H,59,60). The van der Waals surface area contributed by atoms with Gasteiger partial charge in [0.15, 0.2) is 0 Å². The molecule has 4 aromatic rings. The number of carbonyl (C=O) groups is 5. The maximum atomic E-state index is 14.8. The fourth-order valence-electron chi connectivity index (χ4n) is 8.94. The minimum absolute atomic E-state index is 0.0122. The summed E-state index contributed by atoms with van der Waals surface area (Å²) in [5, 5.41) is 126. The van der Waals surface area contributed by atoms with Crippen molar-refractivity contribution in [3.63, 3.8) is 0 Å². The summed E-state index contributed by atoms with van der Waals surface area (Å²) < 4.78 is 27.8. The van der Waals surface area contributed by atoms with Crippen molar-refractivity contribution in [2.45, 2.75) is 79.9 Å². The van der Waals surface area contributed by atoms with Crippen molar-refractivity contribution in [3.05, 3.63) is 116 Å². The fraction of sp³-hybridized carbons (Fsp3) is 0.341. The highest BCUT2D eigenvalue weighted by molar-refractivity contribution is 6.28. The van der Waals surface area contributed by atoms with Crippen LogP contribution in [0.25, 0.3) is 0 Å². The number of carboxylic acids is 2. The molecule has 0 radical (unpaired) electrons. The Kier molecular flexibility index (Phi) is 12.3. The van der Waals surface area contributed by atoms with E-state index in [1.807, 2.05) is 0 Å². The van der Waals surface area contributed by atoms with E-state index in [9.17, 15) is 80.1 Å². The van der Waals surface area contributed by atoms with Gasteiger partial charge in [-0.2, -0.15) is 0 Å². The van der Waals surface area contributed by atoms with Crippen LogP contribution in [0.2, 0.25) is 0 Å². The van der Waals surface area contributed by atoms with Gasteiger partial charge in [0.05, 0.1) is 41.0 Å². The first kappa shape index (κ1) is 46.0. The Bertz CT molecular complexity index is 2640. The molecule has 0 spiro atoms. The minimum atomic E-state index is -2.06. The molecule has 2 heterocycles. The van der Waals surface area contributed by atoms with Gasteiger partial charge in [0.2, 0.25) is 24.1 Å². The van der Waals surface area contributed by atoms with Gasteiger partial charge in [-0.25, -0.2) is 14.4 Å². The topological polar surface area (TPSA) is 374 Å². The Balaban J connectivity index is 1.32. The second-order valence-corrected chi connectivity index (χ2v) is 15.9. The average Bonchev–Trinajstić information content (AvgIpc) is 3.29. The second kappa shape index (κ2) is 17.7. The molecule has 4 aliphatic rings. The number of hydrogen-bond acceptors (Lipinski definition) is 20. The lowest BCUT2D eigenvalue weighted by molar-refractivity contribution is -0.278. The van der Waals surface area contributed by atoms with Crippen molar-refractivity contribution >= 4 is 29.5 Å². The van der Waals surface area contributed by atoms with E-state index >= 15 is 0 Å². The van der Waals surface area contributed by atoms with E-state index < -0.39 is 145 Å². The number of carboxylic acid groups (broad SMARTS) is 2. The van der Waals surface area contributed by atoms with E-state index in [0.29, 0.717) is 0 Å². The number of aliphatic hydroxyl groups excluding tert-OH is 8. The van der Waals surface area contributed by atoms with Crippen LogP contribution in [0.15, 0.2) is 60.7 Å². The zero-order valence-electron chi connectivity index (χ0n) is 33.8. The number of aliphatic hydroxyl groups is 8. The summed E-state index contributed by atoms with van der Waals surface area (Å²) in [6.07, 6.45) is -18.6. The van der Waals surface area contributed by atoms with Crippen LogP contribution in [-0.4, -0.2) is 165 Å². The largest absolute Gasteiger partial charge is 0.507 e. The number of phenolic OH excluding ortho intramolecular Hbond substituents is 2. The molecular formula is C44H40O22. The van der Waals surface area contributed by atoms with Crippen LogP contribution in [-0.2, 0) is 30.4 Å². The van der Waals surface area contributed by atoms with Crippen molar-refractivity contribution in [3.8, 4) is 23.0 Å². The van der Waals surface area contributed by atoms with Gasteiger partial charge in [-0.3, -0.25) is 9.59 Å². The molecule has 12 atom stereocenters. The van der Waals surface area contributed by atoms with E-state index in [-0.39, 0.29) is 56.0 Å². The van der Waals surface area contributed by atoms with E-state index in [1.165, 1.54) is 42.5 Å². The van der Waals surface area contributed by atoms with E-state index in [1.54, 1.807) is 0 Å². The van der Waals surface area contributed by atoms with Crippen molar-refractivity contribution in [2.75, 3.05) is 13.2 Å². The number of phenols is 2. The molecule has 2 aliphatic heterocycles. The van der Waals surface area contributed by atoms with Crippen molar-refractivity contribution in [1.29, 1.82) is 0 Å². The van der Waals surface area contributed by atoms with Gasteiger partial charge in [-0.1, -0.05) is 30.3 Å². The molecule has 2 fully saturated rings. The normalized spacial score (nSPS) is 28.8. The molecule has 2 aliphatic carbocycles. The van der Waals surface area contributed by atoms with Gasteiger partial charge in [0.1, 0.15) is 78.4 Å². The van der Waals surface area contributed by atoms with Crippen LogP contribution in [0.3, 0.4) is 0 Å². The Morgan fingerprint density at radius 3 is 1.55 bits per heavy atom. The first-order chi connectivity index (χ1) is 31.4. The maximum Gasteiger partial charge on any atom is 0.417 e. The molecule has 0 amide bonds. The molecule has 0 aromatic heterocycles. The van der Waals surface area contributed by atoms with Crippen LogP contribution < -0.4 is 9.47 Å². The zero-order valence-corrected chi connectivity index (χ0v) is 33.8. The molecule has 12 unspecified atom stereocenters. The highest BCUT2D eigenvalue weighted by atomic mass is 16.7. The lowest BCUT2D eigenvalue weighted by Gasteiger charge is -2.41. The molecule has 8 rings (SSSR count). The molecule has 2 saturated heterocycles. The zero-order chi connectivity index (χ0) is 47.6. The second-order valence-electron chi connectivity index (χ2n) is 15.9. The number of ether oxygens (including phenoxy) is 5. The van der Waals surface area contributed by atoms with Gasteiger partial charge in [-0.15, -0.1) is 0 Å². The molecule has 4 aromatic carbocycles. The number of fused-ring (bicyclic) bond motifs is 4. The lowest BCUT2D eigenvalue weighted by Crippen LogP contribution is -2.60. The van der Waals surface area contributed by atoms with Gasteiger partial charge < -0.3 is 85.0 Å². The Morgan fingerprint density at radius 1 is 0.576 bits per heavy atom. The predicted octanol–water partition coefficient (Wildman–Crippen LogP) is -1.67. The summed E-state index contributed by atoms with van der Waals surface area (Å²) in [6.45, 7) is -2.43. The minimum Gasteiger partial charge on any atom is -0.507 e. The fourth-order valence-corrected chi connectivity index (χ4v) is 8.94. The van der Waals surface area contributed by atoms with Crippen LogP contribution in [0.4, 0.5) is 0 Å². The number of esters is 1. The third-order valence-corrected chi connectivity index (χ3v) is 12.0. The van der Waals surface area contributed by atoms with Gasteiger partial charge in [0.25, 0.3) is 0 Å². The third-order valence-electron chi connectivity index (χ3n) is 12.0. The summed E-state index contributed by atoms with van der Waals surface area (Å²) in [7, 11) is 0. The molecule has 66 heavy (non-hydrogen) atoms. The first-order valence-electron chi connectivity index (χ1n) is 20.0. The van der Waals surface area contributed by atoms with Crippen molar-refractivity contribution < 1.29 is 109 Å². The summed E-state index contributed by atoms with van der Waals surface area (Å²) >= 11 is 0. The Morgan fingerprint density at radius 2 is 1.06 bits per heavy atom. The molecule has 348 valence electrons. The predicted molar refractivity (Wildman–Crippen MR) is 213 cm³/mol. The molecular weight excluding hydrogens is 880 g/mol. The van der Waals surface area contributed by atoms with Crippen LogP contribution >= 0.6 is 0 Å². The number of ketones is 2. The summed E-state index contributed by atoms with van der Waals surface area (Å²) in [5.74, 6) is -11.9. The lowest BCUT2D eigenvalue weighted by atomic mass is 9.63. The van der Waals surface area contributed by atoms with Crippen LogP contribution in [0, 0.1) is 0 Å². The van der Waals surface area contributed by atoms with Gasteiger partial charge >= 0.3 is 17.9 Å². The molecule has 22 nitrogen and oxygen atoms in total. The van der Waals surface area contributed by atoms with Crippen LogP contribution in [0.1, 0.15) is 81.9 Å². The highest BCUT2D eigenvalue weighted by Crippen LogP contribution is 2.56. The number of aromatic carboxylic acids is 1. The highest BCUT2D eigenvalue weighted by Gasteiger charge is 2.50. The van der Waals surface area contributed by atoms with Gasteiger partial charge in [-0.05, 0) is 58.1 Å². The Labute approximate surface area is 370 Å². The Hall–Kier alpha value is -6.57. The van der Waals surface area contributed by atoms with Crippen molar-refractivity contribution in [1.82, 2.24) is 0 Å².